The molecule has 2 heterocycles. The van der Waals surface area contributed by atoms with Gasteiger partial charge in [-0.3, -0.25) is 4.90 Å². The largest absolute Gasteiger partial charge is 0.369 e. The number of hydrogen-bond donors (Lipinski definition) is 2. The second kappa shape index (κ2) is 7.75. The zero-order chi connectivity index (χ0) is 19.7. The third-order valence-electron chi connectivity index (χ3n) is 5.44. The van der Waals surface area contributed by atoms with E-state index in [-0.39, 0.29) is 18.1 Å². The molecule has 1 fully saturated rings. The topological polar surface area (TPSA) is 47.6 Å². The van der Waals surface area contributed by atoms with E-state index in [2.05, 4.69) is 28.5 Å². The highest BCUT2D eigenvalue weighted by molar-refractivity contribution is 5.96. The Morgan fingerprint density at radius 3 is 2.61 bits per heavy atom. The minimum Gasteiger partial charge on any atom is -0.369 e. The van der Waals surface area contributed by atoms with Crippen molar-refractivity contribution in [3.8, 4) is 0 Å². The normalized spacial score (nSPS) is 16.8. The number of fused-ring (bicyclic) bond motifs is 1. The monoisotopic (exact) mass is 386 g/mol. The quantitative estimate of drug-likeness (QED) is 0.849. The fourth-order valence-electron chi connectivity index (χ4n) is 3.88. The van der Waals surface area contributed by atoms with Crippen LogP contribution in [0.25, 0.3) is 0 Å². The molecule has 0 aliphatic carbocycles. The van der Waals surface area contributed by atoms with Crippen LogP contribution in [0.4, 0.5) is 25.0 Å². The molecule has 0 aromatic heterocycles. The van der Waals surface area contributed by atoms with Crippen LogP contribution < -0.4 is 20.4 Å². The van der Waals surface area contributed by atoms with Crippen molar-refractivity contribution >= 4 is 17.4 Å². The number of benzene rings is 2. The number of carbonyl (C=O) groups is 1. The average molecular weight is 386 g/mol. The Kier molecular flexibility index (Phi) is 5.17. The second-order valence-corrected chi connectivity index (χ2v) is 7.16. The predicted octanol–water partition coefficient (Wildman–Crippen LogP) is 3.17. The first-order valence-corrected chi connectivity index (χ1v) is 9.68. The minimum absolute atomic E-state index is 0.0173. The lowest BCUT2D eigenvalue weighted by Crippen LogP contribution is -2.47. The molecule has 2 aromatic rings. The molecule has 4 rings (SSSR count). The van der Waals surface area contributed by atoms with E-state index in [9.17, 15) is 13.6 Å². The molecular weight excluding hydrogens is 362 g/mol. The zero-order valence-electron chi connectivity index (χ0n) is 15.9. The summed E-state index contributed by atoms with van der Waals surface area (Å²) in [6, 6.07) is 7.95. The molecule has 2 N–H and O–H groups in total. The lowest BCUT2D eigenvalue weighted by Gasteiger charge is -2.37. The van der Waals surface area contributed by atoms with Crippen LogP contribution in [-0.4, -0.2) is 32.2 Å². The Balaban J connectivity index is 1.76. The van der Waals surface area contributed by atoms with Crippen molar-refractivity contribution in [2.24, 2.45) is 0 Å². The summed E-state index contributed by atoms with van der Waals surface area (Å²) in [5.74, 6) is -1.81. The molecule has 28 heavy (non-hydrogen) atoms. The van der Waals surface area contributed by atoms with E-state index in [4.69, 9.17) is 0 Å². The van der Waals surface area contributed by atoms with E-state index in [1.165, 1.54) is 17.0 Å². The molecule has 0 spiro atoms. The maximum Gasteiger partial charge on any atom is 0.322 e. The lowest BCUT2D eigenvalue weighted by molar-refractivity contribution is 0.244. The fourth-order valence-corrected chi connectivity index (χ4v) is 3.88. The Morgan fingerprint density at radius 1 is 1.11 bits per heavy atom. The first-order chi connectivity index (χ1) is 13.6. The third kappa shape index (κ3) is 3.42. The Bertz CT molecular complexity index is 896. The second-order valence-electron chi connectivity index (χ2n) is 7.16. The van der Waals surface area contributed by atoms with Gasteiger partial charge in [0.25, 0.3) is 0 Å². The number of aryl methyl sites for hydroxylation is 1. The highest BCUT2D eigenvalue weighted by atomic mass is 19.2. The molecule has 0 saturated carbocycles. The summed E-state index contributed by atoms with van der Waals surface area (Å²) in [6.07, 6.45) is 0.830. The number of halogens is 2. The van der Waals surface area contributed by atoms with E-state index in [1.54, 1.807) is 0 Å². The summed E-state index contributed by atoms with van der Waals surface area (Å²) in [6.45, 7) is 6.10. The van der Waals surface area contributed by atoms with Crippen LogP contribution in [0.2, 0.25) is 0 Å². The van der Waals surface area contributed by atoms with E-state index in [0.717, 1.165) is 61.2 Å². The fraction of sp³-hybridized carbons (Fsp3) is 0.381. The molecule has 5 nitrogen and oxygen atoms in total. The van der Waals surface area contributed by atoms with Crippen molar-refractivity contribution in [1.82, 2.24) is 10.6 Å². The highest BCUT2D eigenvalue weighted by Crippen LogP contribution is 2.36. The van der Waals surface area contributed by atoms with Crippen LogP contribution in [-0.2, 0) is 19.5 Å². The van der Waals surface area contributed by atoms with Gasteiger partial charge in [-0.05, 0) is 30.2 Å². The van der Waals surface area contributed by atoms with Gasteiger partial charge in [0, 0.05) is 49.5 Å². The summed E-state index contributed by atoms with van der Waals surface area (Å²) < 4.78 is 27.9. The molecule has 0 bridgehead atoms. The number of anilines is 2. The maximum atomic E-state index is 14.2. The minimum atomic E-state index is -0.906. The first-order valence-electron chi connectivity index (χ1n) is 9.68. The molecule has 0 radical (unpaired) electrons. The van der Waals surface area contributed by atoms with Gasteiger partial charge in [-0.15, -0.1) is 0 Å². The van der Waals surface area contributed by atoms with Gasteiger partial charge in [0.05, 0.1) is 12.2 Å². The predicted molar refractivity (Wildman–Crippen MR) is 106 cm³/mol. The first kappa shape index (κ1) is 18.7. The maximum absolute atomic E-state index is 14.2. The molecule has 1 saturated heterocycles. The summed E-state index contributed by atoms with van der Waals surface area (Å²) in [5, 5.41) is 6.24. The van der Waals surface area contributed by atoms with Crippen molar-refractivity contribution < 1.29 is 13.6 Å². The van der Waals surface area contributed by atoms with Gasteiger partial charge in [-0.2, -0.15) is 0 Å². The van der Waals surface area contributed by atoms with Crippen molar-refractivity contribution in [3.63, 3.8) is 0 Å². The average Bonchev–Trinajstić information content (AvgIpc) is 2.73. The summed E-state index contributed by atoms with van der Waals surface area (Å²) in [7, 11) is 0. The molecule has 148 valence electrons. The Labute approximate surface area is 163 Å². The van der Waals surface area contributed by atoms with Gasteiger partial charge in [-0.25, -0.2) is 13.6 Å². The number of rotatable bonds is 4. The Morgan fingerprint density at radius 2 is 1.86 bits per heavy atom. The molecule has 2 amide bonds. The van der Waals surface area contributed by atoms with E-state index in [1.807, 2.05) is 6.07 Å². The molecule has 2 aromatic carbocycles. The summed E-state index contributed by atoms with van der Waals surface area (Å²) in [5.41, 5.74) is 4.19. The summed E-state index contributed by atoms with van der Waals surface area (Å²) in [4.78, 5) is 16.5. The van der Waals surface area contributed by atoms with Crippen molar-refractivity contribution in [1.29, 1.82) is 0 Å². The number of carbonyl (C=O) groups excluding carboxylic acids is 1. The van der Waals surface area contributed by atoms with Gasteiger partial charge in [-0.1, -0.05) is 19.1 Å². The molecule has 0 atom stereocenters. The van der Waals surface area contributed by atoms with Gasteiger partial charge < -0.3 is 15.5 Å². The van der Waals surface area contributed by atoms with E-state index in [0.29, 0.717) is 6.54 Å². The third-order valence-corrected chi connectivity index (χ3v) is 5.44. The smallest absolute Gasteiger partial charge is 0.322 e. The van der Waals surface area contributed by atoms with Gasteiger partial charge >= 0.3 is 6.03 Å². The molecular formula is C21H24F2N4O. The molecule has 0 unspecified atom stereocenters. The number of urea groups is 1. The van der Waals surface area contributed by atoms with Crippen LogP contribution in [0.1, 0.15) is 23.6 Å². The van der Waals surface area contributed by atoms with Gasteiger partial charge in [0.2, 0.25) is 0 Å². The number of nitrogens with one attached hydrogen (secondary N) is 2. The van der Waals surface area contributed by atoms with Gasteiger partial charge in [0.1, 0.15) is 0 Å². The van der Waals surface area contributed by atoms with Crippen LogP contribution in [0.3, 0.4) is 0 Å². The lowest BCUT2D eigenvalue weighted by atomic mass is 10.00. The molecule has 7 heteroatoms. The Hall–Kier alpha value is -2.67. The number of hydrogen-bond acceptors (Lipinski definition) is 3. The van der Waals surface area contributed by atoms with Crippen molar-refractivity contribution in [3.05, 3.63) is 58.7 Å². The standard InChI is InChI=1S/C21H24F2N4O/c1-2-14-10-18(26-8-6-24-7-9-26)16-12-25-21(28)27(19(16)11-14)13-15-4-3-5-17(22)20(15)23/h3-5,10-11,24H,2,6-9,12-13H2,1H3,(H,25,28). The van der Waals surface area contributed by atoms with Crippen LogP contribution in [0, 0.1) is 11.6 Å². The van der Waals surface area contributed by atoms with Crippen molar-refractivity contribution in [2.75, 3.05) is 36.0 Å². The van der Waals surface area contributed by atoms with Gasteiger partial charge in [0.15, 0.2) is 11.6 Å². The number of nitrogens with zero attached hydrogens (tertiary/aromatic N) is 2. The SMILES string of the molecule is CCc1cc(N2CCNCC2)c2c(c1)N(Cc1cccc(F)c1F)C(=O)NC2. The zero-order valence-corrected chi connectivity index (χ0v) is 15.9. The van der Waals surface area contributed by atoms with Crippen LogP contribution in [0.15, 0.2) is 30.3 Å². The number of amides is 2. The van der Waals surface area contributed by atoms with Crippen LogP contribution >= 0.6 is 0 Å². The van der Waals surface area contributed by atoms with Crippen molar-refractivity contribution in [2.45, 2.75) is 26.4 Å². The van der Waals surface area contributed by atoms with E-state index >= 15 is 0 Å². The summed E-state index contributed by atoms with van der Waals surface area (Å²) >= 11 is 0. The molecule has 2 aliphatic rings. The highest BCUT2D eigenvalue weighted by Gasteiger charge is 2.29. The van der Waals surface area contributed by atoms with Crippen LogP contribution in [0.5, 0.6) is 0 Å². The number of piperazine rings is 1. The van der Waals surface area contributed by atoms with E-state index < -0.39 is 11.6 Å². The molecule has 2 aliphatic heterocycles.